The Morgan fingerprint density at radius 2 is 2.33 bits per heavy atom. The normalized spacial score (nSPS) is 14.9. The van der Waals surface area contributed by atoms with E-state index in [1.54, 1.807) is 6.07 Å². The third-order valence-electron chi connectivity index (χ3n) is 2.16. The van der Waals surface area contributed by atoms with E-state index in [-0.39, 0.29) is 17.9 Å². The maximum Gasteiger partial charge on any atom is 0.414 e. The number of ether oxygens (including phenoxy) is 1. The summed E-state index contributed by atoms with van der Waals surface area (Å²) < 4.78 is 17.9. The van der Waals surface area contributed by atoms with Gasteiger partial charge in [0.25, 0.3) is 0 Å². The second kappa shape index (κ2) is 3.58. The maximum atomic E-state index is 13.2. The van der Waals surface area contributed by atoms with Gasteiger partial charge in [-0.05, 0) is 12.1 Å². The number of rotatable bonds is 1. The van der Waals surface area contributed by atoms with E-state index in [2.05, 4.69) is 0 Å². The number of benzene rings is 1. The van der Waals surface area contributed by atoms with Crippen molar-refractivity contribution in [1.29, 1.82) is 5.26 Å². The molecule has 1 aromatic rings. The van der Waals surface area contributed by atoms with Crippen molar-refractivity contribution in [2.75, 3.05) is 18.1 Å². The van der Waals surface area contributed by atoms with E-state index >= 15 is 0 Å². The first-order valence-corrected chi connectivity index (χ1v) is 4.37. The summed E-state index contributed by atoms with van der Waals surface area (Å²) in [6.07, 6.45) is -0.544. The van der Waals surface area contributed by atoms with Crippen LogP contribution in [0.5, 0.6) is 0 Å². The number of halogens is 1. The summed E-state index contributed by atoms with van der Waals surface area (Å²) in [6, 6.07) is 5.90. The topological polar surface area (TPSA) is 53.3 Å². The lowest BCUT2D eigenvalue weighted by atomic mass is 10.1. The van der Waals surface area contributed by atoms with Gasteiger partial charge in [-0.15, -0.1) is 0 Å². The van der Waals surface area contributed by atoms with Crippen molar-refractivity contribution >= 4 is 11.8 Å². The molecule has 0 spiro atoms. The first kappa shape index (κ1) is 9.46. The molecule has 0 radical (unpaired) electrons. The summed E-state index contributed by atoms with van der Waals surface area (Å²) >= 11 is 0. The van der Waals surface area contributed by atoms with Gasteiger partial charge in [0.05, 0.1) is 12.2 Å². The zero-order valence-electron chi connectivity index (χ0n) is 7.74. The Hall–Kier alpha value is -2.09. The Bertz CT molecular complexity index is 453. The van der Waals surface area contributed by atoms with E-state index in [0.29, 0.717) is 6.54 Å². The molecule has 5 heteroatoms. The van der Waals surface area contributed by atoms with E-state index in [1.165, 1.54) is 23.1 Å². The van der Waals surface area contributed by atoms with Gasteiger partial charge in [-0.3, -0.25) is 4.90 Å². The molecule has 76 valence electrons. The third-order valence-corrected chi connectivity index (χ3v) is 2.16. The molecule has 1 saturated heterocycles. The van der Waals surface area contributed by atoms with Crippen LogP contribution in [0.15, 0.2) is 18.2 Å². The first-order chi connectivity index (χ1) is 7.24. The highest BCUT2D eigenvalue weighted by atomic mass is 19.1. The number of carbonyl (C=O) groups is 1. The van der Waals surface area contributed by atoms with Crippen LogP contribution in [0, 0.1) is 17.1 Å². The molecule has 2 rings (SSSR count). The van der Waals surface area contributed by atoms with Crippen LogP contribution in [0.4, 0.5) is 14.9 Å². The molecular formula is C10H7FN2O2. The lowest BCUT2D eigenvalue weighted by Gasteiger charge is -2.13. The molecule has 0 bridgehead atoms. The number of nitriles is 1. The molecule has 0 aromatic heterocycles. The maximum absolute atomic E-state index is 13.2. The molecular weight excluding hydrogens is 199 g/mol. The Balaban J connectivity index is 2.48. The van der Waals surface area contributed by atoms with Crippen LogP contribution in [-0.2, 0) is 4.74 Å². The highest BCUT2D eigenvalue weighted by molar-refractivity contribution is 5.91. The SMILES string of the molecule is N#Cc1c(F)cccc1N1CCOC1=O. The van der Waals surface area contributed by atoms with Crippen molar-refractivity contribution in [2.24, 2.45) is 0 Å². The number of nitrogens with zero attached hydrogens (tertiary/aromatic N) is 2. The number of carbonyl (C=O) groups excluding carboxylic acids is 1. The standard InChI is InChI=1S/C10H7FN2O2/c11-8-2-1-3-9(7(8)6-12)13-4-5-15-10(13)14/h1-3H,4-5H2. The van der Waals surface area contributed by atoms with Crippen molar-refractivity contribution in [3.63, 3.8) is 0 Å². The van der Waals surface area contributed by atoms with Crippen LogP contribution < -0.4 is 4.90 Å². The van der Waals surface area contributed by atoms with E-state index in [0.717, 1.165) is 0 Å². The molecule has 1 aliphatic rings. The van der Waals surface area contributed by atoms with Crippen molar-refractivity contribution in [3.8, 4) is 6.07 Å². The van der Waals surface area contributed by atoms with E-state index in [1.807, 2.05) is 0 Å². The Morgan fingerprint density at radius 1 is 1.53 bits per heavy atom. The Kier molecular flexibility index (Phi) is 2.26. The fourth-order valence-electron chi connectivity index (χ4n) is 1.46. The molecule has 1 aliphatic heterocycles. The van der Waals surface area contributed by atoms with Gasteiger partial charge < -0.3 is 4.74 Å². The minimum absolute atomic E-state index is 0.128. The van der Waals surface area contributed by atoms with Gasteiger partial charge in [-0.1, -0.05) is 6.07 Å². The fraction of sp³-hybridized carbons (Fsp3) is 0.200. The highest BCUT2D eigenvalue weighted by Crippen LogP contribution is 2.24. The lowest BCUT2D eigenvalue weighted by molar-refractivity contribution is 0.181. The van der Waals surface area contributed by atoms with Crippen LogP contribution >= 0.6 is 0 Å². The van der Waals surface area contributed by atoms with Crippen molar-refractivity contribution in [3.05, 3.63) is 29.6 Å². The predicted octanol–water partition coefficient (Wildman–Crippen LogP) is 1.65. The summed E-state index contributed by atoms with van der Waals surface area (Å²) in [5.41, 5.74) is 0.136. The minimum atomic E-state index is -0.630. The molecule has 15 heavy (non-hydrogen) atoms. The number of cyclic esters (lactones) is 1. The number of anilines is 1. The van der Waals surface area contributed by atoms with Gasteiger partial charge >= 0.3 is 6.09 Å². The fourth-order valence-corrected chi connectivity index (χ4v) is 1.46. The average molecular weight is 206 g/mol. The van der Waals surface area contributed by atoms with Crippen LogP contribution in [0.25, 0.3) is 0 Å². The second-order valence-electron chi connectivity index (χ2n) is 3.01. The van der Waals surface area contributed by atoms with Crippen molar-refractivity contribution in [1.82, 2.24) is 0 Å². The molecule has 0 atom stereocenters. The highest BCUT2D eigenvalue weighted by Gasteiger charge is 2.26. The van der Waals surface area contributed by atoms with Gasteiger partial charge in [-0.2, -0.15) is 5.26 Å². The van der Waals surface area contributed by atoms with E-state index in [4.69, 9.17) is 10.00 Å². The average Bonchev–Trinajstić information content (AvgIpc) is 2.64. The second-order valence-corrected chi connectivity index (χ2v) is 3.01. The molecule has 0 N–H and O–H groups in total. The quantitative estimate of drug-likeness (QED) is 0.702. The smallest absolute Gasteiger partial charge is 0.414 e. The summed E-state index contributed by atoms with van der Waals surface area (Å²) in [5, 5.41) is 8.78. The molecule has 0 saturated carbocycles. The largest absolute Gasteiger partial charge is 0.447 e. The Labute approximate surface area is 85.5 Å². The van der Waals surface area contributed by atoms with E-state index in [9.17, 15) is 9.18 Å². The third kappa shape index (κ3) is 1.50. The summed E-state index contributed by atoms with van der Waals surface area (Å²) in [7, 11) is 0. The lowest BCUT2D eigenvalue weighted by Crippen LogP contribution is -2.24. The van der Waals surface area contributed by atoms with Crippen molar-refractivity contribution < 1.29 is 13.9 Å². The molecule has 1 fully saturated rings. The molecule has 0 aliphatic carbocycles. The van der Waals surface area contributed by atoms with Gasteiger partial charge in [0.2, 0.25) is 0 Å². The first-order valence-electron chi connectivity index (χ1n) is 4.37. The molecule has 4 nitrogen and oxygen atoms in total. The van der Waals surface area contributed by atoms with E-state index < -0.39 is 11.9 Å². The van der Waals surface area contributed by atoms with Gasteiger partial charge in [0.1, 0.15) is 24.1 Å². The van der Waals surface area contributed by atoms with Gasteiger partial charge in [-0.25, -0.2) is 9.18 Å². The van der Waals surface area contributed by atoms with Gasteiger partial charge in [0, 0.05) is 0 Å². The van der Waals surface area contributed by atoms with Crippen molar-refractivity contribution in [2.45, 2.75) is 0 Å². The van der Waals surface area contributed by atoms with Crippen LogP contribution in [0.1, 0.15) is 5.56 Å². The van der Waals surface area contributed by atoms with Crippen LogP contribution in [-0.4, -0.2) is 19.2 Å². The Morgan fingerprint density at radius 3 is 2.93 bits per heavy atom. The summed E-state index contributed by atoms with van der Waals surface area (Å²) in [4.78, 5) is 12.5. The monoisotopic (exact) mass is 206 g/mol. The molecule has 0 unspecified atom stereocenters. The minimum Gasteiger partial charge on any atom is -0.447 e. The zero-order valence-corrected chi connectivity index (χ0v) is 7.74. The number of hydrogen-bond donors (Lipinski definition) is 0. The van der Waals surface area contributed by atoms with Crippen LogP contribution in [0.3, 0.4) is 0 Å². The molecule has 1 heterocycles. The molecule has 1 amide bonds. The van der Waals surface area contributed by atoms with Gasteiger partial charge in [0.15, 0.2) is 0 Å². The summed E-state index contributed by atoms with van der Waals surface area (Å²) in [5.74, 6) is -0.630. The molecule has 1 aromatic carbocycles. The predicted molar refractivity (Wildman–Crippen MR) is 49.8 cm³/mol. The summed E-state index contributed by atoms with van der Waals surface area (Å²) in [6.45, 7) is 0.608. The zero-order chi connectivity index (χ0) is 10.8. The number of amides is 1. The number of hydrogen-bond acceptors (Lipinski definition) is 3. The van der Waals surface area contributed by atoms with Crippen LogP contribution in [0.2, 0.25) is 0 Å².